The monoisotopic (exact) mass is 186 g/mol. The van der Waals surface area contributed by atoms with Crippen LogP contribution in [0.1, 0.15) is 27.2 Å². The smallest absolute Gasteiger partial charge is 0.238 e. The van der Waals surface area contributed by atoms with Crippen LogP contribution in [-0.2, 0) is 4.79 Å². The maximum absolute atomic E-state index is 11.4. The summed E-state index contributed by atoms with van der Waals surface area (Å²) in [7, 11) is 3.56. The van der Waals surface area contributed by atoms with Crippen LogP contribution in [0.25, 0.3) is 0 Å². The summed E-state index contributed by atoms with van der Waals surface area (Å²) in [5.41, 5.74) is 0. The van der Waals surface area contributed by atoms with E-state index in [-0.39, 0.29) is 11.9 Å². The summed E-state index contributed by atoms with van der Waals surface area (Å²) in [4.78, 5) is 13.0. The highest BCUT2D eigenvalue weighted by atomic mass is 16.2. The van der Waals surface area contributed by atoms with Crippen LogP contribution in [0.15, 0.2) is 0 Å². The molecule has 0 aliphatic heterocycles. The lowest BCUT2D eigenvalue weighted by atomic mass is 10.1. The highest BCUT2D eigenvalue weighted by Gasteiger charge is 2.13. The van der Waals surface area contributed by atoms with E-state index in [9.17, 15) is 4.79 Å². The Morgan fingerprint density at radius 1 is 1.31 bits per heavy atom. The summed E-state index contributed by atoms with van der Waals surface area (Å²) < 4.78 is 0. The average molecular weight is 186 g/mol. The molecule has 1 N–H and O–H groups in total. The molecule has 0 bridgehead atoms. The third-order valence-corrected chi connectivity index (χ3v) is 1.98. The number of hydrogen-bond donors (Lipinski definition) is 1. The fourth-order valence-electron chi connectivity index (χ4n) is 1.06. The third kappa shape index (κ3) is 5.64. The standard InChI is InChI=1S/C10H22N2O/c1-8(2)6-7-11-9(3)10(13)12(4)5/h8-9,11H,6-7H2,1-5H3. The molecule has 1 amide bonds. The van der Waals surface area contributed by atoms with Crippen molar-refractivity contribution in [3.63, 3.8) is 0 Å². The van der Waals surface area contributed by atoms with E-state index < -0.39 is 0 Å². The van der Waals surface area contributed by atoms with Crippen molar-refractivity contribution in [3.8, 4) is 0 Å². The number of hydrogen-bond acceptors (Lipinski definition) is 2. The molecule has 13 heavy (non-hydrogen) atoms. The summed E-state index contributed by atoms with van der Waals surface area (Å²) in [6, 6.07) is -0.0613. The molecule has 0 aromatic rings. The molecule has 0 radical (unpaired) electrons. The Morgan fingerprint density at radius 2 is 1.85 bits per heavy atom. The third-order valence-electron chi connectivity index (χ3n) is 1.98. The van der Waals surface area contributed by atoms with Gasteiger partial charge in [0.1, 0.15) is 0 Å². The predicted octanol–water partition coefficient (Wildman–Crippen LogP) is 1.10. The summed E-state index contributed by atoms with van der Waals surface area (Å²) >= 11 is 0. The van der Waals surface area contributed by atoms with Crippen molar-refractivity contribution in [2.24, 2.45) is 5.92 Å². The van der Waals surface area contributed by atoms with E-state index in [4.69, 9.17) is 0 Å². The lowest BCUT2D eigenvalue weighted by Crippen LogP contribution is -2.42. The molecule has 3 nitrogen and oxygen atoms in total. The Hall–Kier alpha value is -0.570. The molecule has 0 heterocycles. The van der Waals surface area contributed by atoms with Crippen molar-refractivity contribution >= 4 is 5.91 Å². The van der Waals surface area contributed by atoms with Gasteiger partial charge in [0.25, 0.3) is 0 Å². The van der Waals surface area contributed by atoms with Crippen molar-refractivity contribution < 1.29 is 4.79 Å². The van der Waals surface area contributed by atoms with Gasteiger partial charge in [0, 0.05) is 14.1 Å². The van der Waals surface area contributed by atoms with Gasteiger partial charge < -0.3 is 10.2 Å². The van der Waals surface area contributed by atoms with E-state index in [2.05, 4.69) is 19.2 Å². The molecule has 1 unspecified atom stereocenters. The van der Waals surface area contributed by atoms with Gasteiger partial charge in [0.2, 0.25) is 5.91 Å². The number of carbonyl (C=O) groups excluding carboxylic acids is 1. The Morgan fingerprint density at radius 3 is 2.23 bits per heavy atom. The van der Waals surface area contributed by atoms with Crippen LogP contribution in [0, 0.1) is 5.92 Å². The number of nitrogens with one attached hydrogen (secondary N) is 1. The highest BCUT2D eigenvalue weighted by molar-refractivity contribution is 5.80. The molecule has 0 aromatic heterocycles. The lowest BCUT2D eigenvalue weighted by Gasteiger charge is -2.18. The van der Waals surface area contributed by atoms with E-state index >= 15 is 0 Å². The van der Waals surface area contributed by atoms with Gasteiger partial charge >= 0.3 is 0 Å². The van der Waals surface area contributed by atoms with Crippen molar-refractivity contribution in [2.75, 3.05) is 20.6 Å². The van der Waals surface area contributed by atoms with Gasteiger partial charge in [-0.1, -0.05) is 13.8 Å². The van der Waals surface area contributed by atoms with Crippen LogP contribution in [0.3, 0.4) is 0 Å². The topological polar surface area (TPSA) is 32.3 Å². The number of rotatable bonds is 5. The first-order valence-electron chi connectivity index (χ1n) is 4.89. The van der Waals surface area contributed by atoms with Crippen LogP contribution in [0.5, 0.6) is 0 Å². The van der Waals surface area contributed by atoms with E-state index in [0.717, 1.165) is 13.0 Å². The molecule has 3 heteroatoms. The molecule has 0 rings (SSSR count). The molecule has 0 aromatic carbocycles. The van der Waals surface area contributed by atoms with Crippen LogP contribution < -0.4 is 5.32 Å². The van der Waals surface area contributed by atoms with Crippen LogP contribution in [0.4, 0.5) is 0 Å². The van der Waals surface area contributed by atoms with Crippen molar-refractivity contribution in [1.29, 1.82) is 0 Å². The molecule has 0 saturated carbocycles. The minimum atomic E-state index is -0.0613. The molecular formula is C10H22N2O. The average Bonchev–Trinajstić information content (AvgIpc) is 2.02. The van der Waals surface area contributed by atoms with Gasteiger partial charge in [-0.25, -0.2) is 0 Å². The van der Waals surface area contributed by atoms with Gasteiger partial charge in [0.05, 0.1) is 6.04 Å². The Bertz CT molecular complexity index is 155. The van der Waals surface area contributed by atoms with Gasteiger partial charge in [-0.3, -0.25) is 4.79 Å². The van der Waals surface area contributed by atoms with Crippen LogP contribution in [-0.4, -0.2) is 37.5 Å². The quantitative estimate of drug-likeness (QED) is 0.697. The zero-order chi connectivity index (χ0) is 10.4. The van der Waals surface area contributed by atoms with Crippen molar-refractivity contribution in [3.05, 3.63) is 0 Å². The summed E-state index contributed by atoms with van der Waals surface area (Å²) in [5.74, 6) is 0.831. The van der Waals surface area contributed by atoms with E-state index in [1.54, 1.807) is 19.0 Å². The SMILES string of the molecule is CC(C)CCNC(C)C(=O)N(C)C. The van der Waals surface area contributed by atoms with Crippen LogP contribution in [0.2, 0.25) is 0 Å². The Balaban J connectivity index is 3.62. The second-order valence-electron chi connectivity index (χ2n) is 4.09. The molecule has 0 aliphatic rings. The molecule has 0 spiro atoms. The Labute approximate surface area is 81.5 Å². The number of nitrogens with zero attached hydrogens (tertiary/aromatic N) is 1. The minimum Gasteiger partial charge on any atom is -0.347 e. The summed E-state index contributed by atoms with van der Waals surface area (Å²) in [5, 5.41) is 3.20. The van der Waals surface area contributed by atoms with Gasteiger partial charge in [0.15, 0.2) is 0 Å². The summed E-state index contributed by atoms with van der Waals surface area (Å²) in [6.07, 6.45) is 1.12. The Kier molecular flexibility index (Phi) is 5.71. The normalized spacial score (nSPS) is 13.1. The second kappa shape index (κ2) is 5.97. The fraction of sp³-hybridized carbons (Fsp3) is 0.900. The molecule has 0 fully saturated rings. The minimum absolute atomic E-state index is 0.0613. The predicted molar refractivity (Wildman–Crippen MR) is 55.6 cm³/mol. The van der Waals surface area contributed by atoms with Crippen molar-refractivity contribution in [2.45, 2.75) is 33.2 Å². The van der Waals surface area contributed by atoms with Crippen LogP contribution >= 0.6 is 0 Å². The molecule has 0 aliphatic carbocycles. The molecule has 1 atom stereocenters. The zero-order valence-electron chi connectivity index (χ0n) is 9.42. The first-order chi connectivity index (χ1) is 5.95. The van der Waals surface area contributed by atoms with Gasteiger partial charge in [-0.05, 0) is 25.8 Å². The van der Waals surface area contributed by atoms with E-state index in [1.165, 1.54) is 0 Å². The highest BCUT2D eigenvalue weighted by Crippen LogP contribution is 1.97. The summed E-state index contributed by atoms with van der Waals surface area (Å²) in [6.45, 7) is 7.18. The molecule has 78 valence electrons. The number of amides is 1. The number of carbonyl (C=O) groups is 1. The lowest BCUT2D eigenvalue weighted by molar-refractivity contribution is -0.130. The maximum Gasteiger partial charge on any atom is 0.238 e. The van der Waals surface area contributed by atoms with Crippen molar-refractivity contribution in [1.82, 2.24) is 10.2 Å². The largest absolute Gasteiger partial charge is 0.347 e. The van der Waals surface area contributed by atoms with E-state index in [1.807, 2.05) is 6.92 Å². The maximum atomic E-state index is 11.4. The molecular weight excluding hydrogens is 164 g/mol. The number of likely N-dealkylation sites (N-methyl/N-ethyl adjacent to an activating group) is 1. The first kappa shape index (κ1) is 12.4. The van der Waals surface area contributed by atoms with E-state index in [0.29, 0.717) is 5.92 Å². The van der Waals surface area contributed by atoms with Gasteiger partial charge in [-0.15, -0.1) is 0 Å². The molecule has 0 saturated heterocycles. The zero-order valence-corrected chi connectivity index (χ0v) is 9.42. The van der Waals surface area contributed by atoms with Gasteiger partial charge in [-0.2, -0.15) is 0 Å². The second-order valence-corrected chi connectivity index (χ2v) is 4.09. The first-order valence-corrected chi connectivity index (χ1v) is 4.89. The fourth-order valence-corrected chi connectivity index (χ4v) is 1.06.